The Kier molecular flexibility index (Phi) is 20.9. The van der Waals surface area contributed by atoms with Gasteiger partial charge in [-0.1, -0.05) is 73.1 Å². The normalized spacial score (nSPS) is 16.5. The second-order valence-electron chi connectivity index (χ2n) is 10.0. The van der Waals surface area contributed by atoms with Gasteiger partial charge in [-0.3, -0.25) is 14.4 Å². The van der Waals surface area contributed by atoms with E-state index in [-0.39, 0.29) is 12.0 Å². The van der Waals surface area contributed by atoms with Gasteiger partial charge in [0.05, 0.1) is 6.04 Å². The minimum atomic E-state index is -0.910. The molecule has 9 N–H and O–H groups in total. The average molecular weight is 489 g/mol. The van der Waals surface area contributed by atoms with Crippen LogP contribution in [0.25, 0.3) is 0 Å². The van der Waals surface area contributed by atoms with E-state index in [4.69, 9.17) is 27.4 Å². The number of carboxylic acids is 2. The molecular weight excluding hydrogens is 436 g/mol. The van der Waals surface area contributed by atoms with E-state index in [0.717, 1.165) is 25.3 Å². The monoisotopic (exact) mass is 488 g/mol. The van der Waals surface area contributed by atoms with Gasteiger partial charge >= 0.3 is 11.9 Å². The number of primary amides is 1. The highest BCUT2D eigenvalue weighted by molar-refractivity contribution is 5.79. The molecule has 34 heavy (non-hydrogen) atoms. The van der Waals surface area contributed by atoms with Crippen LogP contribution in [0.15, 0.2) is 0 Å². The molecule has 1 aliphatic carbocycles. The summed E-state index contributed by atoms with van der Waals surface area (Å²) in [7, 11) is 0. The largest absolute Gasteiger partial charge is 0.480 e. The molecule has 0 heterocycles. The fourth-order valence-electron chi connectivity index (χ4n) is 3.79. The molecule has 0 radical (unpaired) electrons. The van der Waals surface area contributed by atoms with Gasteiger partial charge in [0, 0.05) is 0 Å². The number of carbonyl (C=O) groups is 3. The first-order chi connectivity index (χ1) is 15.8. The van der Waals surface area contributed by atoms with Crippen LogP contribution in [0.1, 0.15) is 98.8 Å². The average Bonchev–Trinajstić information content (AvgIpc) is 2.74. The van der Waals surface area contributed by atoms with Crippen molar-refractivity contribution >= 4 is 17.8 Å². The first kappa shape index (κ1) is 34.5. The molecule has 0 bridgehead atoms. The highest BCUT2D eigenvalue weighted by atomic mass is 16.4. The molecule has 9 heteroatoms. The van der Waals surface area contributed by atoms with Crippen LogP contribution in [0.5, 0.6) is 0 Å². The third kappa shape index (κ3) is 19.7. The minimum absolute atomic E-state index is 0.155. The Morgan fingerprint density at radius 1 is 0.941 bits per heavy atom. The molecule has 0 aromatic carbocycles. The minimum Gasteiger partial charge on any atom is -0.480 e. The van der Waals surface area contributed by atoms with Crippen molar-refractivity contribution in [2.75, 3.05) is 6.54 Å². The first-order valence-electron chi connectivity index (χ1n) is 12.8. The van der Waals surface area contributed by atoms with Crippen molar-refractivity contribution in [2.45, 2.75) is 117 Å². The van der Waals surface area contributed by atoms with Crippen LogP contribution in [0.2, 0.25) is 0 Å². The van der Waals surface area contributed by atoms with E-state index in [2.05, 4.69) is 5.32 Å². The summed E-state index contributed by atoms with van der Waals surface area (Å²) in [6.07, 6.45) is 11.4. The summed E-state index contributed by atoms with van der Waals surface area (Å²) in [5.74, 6) is -0.559. The number of nitrogens with one attached hydrogen (secondary N) is 1. The van der Waals surface area contributed by atoms with Crippen LogP contribution < -0.4 is 22.5 Å². The second-order valence-corrected chi connectivity index (χ2v) is 10.0. The summed E-state index contributed by atoms with van der Waals surface area (Å²) < 4.78 is 0. The molecule has 1 aliphatic rings. The van der Waals surface area contributed by atoms with Crippen molar-refractivity contribution in [1.29, 1.82) is 0 Å². The van der Waals surface area contributed by atoms with E-state index >= 15 is 0 Å². The Balaban J connectivity index is 0. The summed E-state index contributed by atoms with van der Waals surface area (Å²) in [6.45, 7) is 10.7. The molecule has 1 amide bonds. The third-order valence-corrected chi connectivity index (χ3v) is 5.82. The zero-order valence-electron chi connectivity index (χ0n) is 22.1. The van der Waals surface area contributed by atoms with Crippen molar-refractivity contribution in [3.63, 3.8) is 0 Å². The maximum Gasteiger partial charge on any atom is 0.320 e. The lowest BCUT2D eigenvalue weighted by molar-refractivity contribution is -0.141. The Hall–Kier alpha value is -1.71. The topological polar surface area (TPSA) is 182 Å². The van der Waals surface area contributed by atoms with E-state index in [1.54, 1.807) is 0 Å². The SMILES string of the molecule is CC(C)C[C@H](N)C(N)=O.CC(C)[C@H](NCCCC1CCCCC1)C(=O)O.CCC[C@H](N)C(=O)O. The van der Waals surface area contributed by atoms with E-state index in [0.29, 0.717) is 18.8 Å². The fourth-order valence-corrected chi connectivity index (χ4v) is 3.79. The third-order valence-electron chi connectivity index (χ3n) is 5.82. The Morgan fingerprint density at radius 2 is 1.50 bits per heavy atom. The number of amides is 1. The van der Waals surface area contributed by atoms with E-state index in [9.17, 15) is 14.4 Å². The van der Waals surface area contributed by atoms with Gasteiger partial charge in [-0.25, -0.2) is 0 Å². The molecule has 0 aromatic rings. The number of aliphatic carboxylic acids is 2. The standard InChI is InChI=1S/C14H27NO2.C6H14N2O.C5H11NO2/c1-11(2)13(14(16)17)15-10-6-9-12-7-4-3-5-8-12;1-4(2)3-5(7)6(8)9;1-2-3-4(6)5(7)8/h11-13,15H,3-10H2,1-2H3,(H,16,17);4-5H,3,7H2,1-2H3,(H2,8,9);4H,2-3,6H2,1H3,(H,7,8)/t13-;5-;4-/m000/s1. The smallest absolute Gasteiger partial charge is 0.320 e. The number of hydrogen-bond acceptors (Lipinski definition) is 6. The molecule has 202 valence electrons. The Labute approximate surface area is 206 Å². The van der Waals surface area contributed by atoms with Crippen molar-refractivity contribution < 1.29 is 24.6 Å². The van der Waals surface area contributed by atoms with Crippen LogP contribution in [0.4, 0.5) is 0 Å². The maximum absolute atomic E-state index is 11.0. The number of carboxylic acid groups (broad SMARTS) is 2. The van der Waals surface area contributed by atoms with Gasteiger partial charge in [0.2, 0.25) is 5.91 Å². The van der Waals surface area contributed by atoms with E-state index < -0.39 is 29.9 Å². The highest BCUT2D eigenvalue weighted by Gasteiger charge is 2.20. The number of carbonyl (C=O) groups excluding carboxylic acids is 1. The lowest BCUT2D eigenvalue weighted by Gasteiger charge is -2.22. The summed E-state index contributed by atoms with van der Waals surface area (Å²) >= 11 is 0. The first-order valence-corrected chi connectivity index (χ1v) is 12.8. The molecule has 0 unspecified atom stereocenters. The maximum atomic E-state index is 11.0. The molecular formula is C25H52N4O5. The highest BCUT2D eigenvalue weighted by Crippen LogP contribution is 2.27. The van der Waals surface area contributed by atoms with Gasteiger partial charge < -0.3 is 32.7 Å². The van der Waals surface area contributed by atoms with Crippen LogP contribution in [-0.4, -0.2) is 52.7 Å². The summed E-state index contributed by atoms with van der Waals surface area (Å²) in [5, 5.41) is 20.4. The predicted octanol–water partition coefficient (Wildman–Crippen LogP) is 3.09. The number of nitrogens with two attached hydrogens (primary N) is 3. The van der Waals surface area contributed by atoms with Gasteiger partial charge in [-0.2, -0.15) is 0 Å². The number of hydrogen-bond donors (Lipinski definition) is 6. The number of rotatable bonds is 13. The van der Waals surface area contributed by atoms with Gasteiger partial charge in [0.1, 0.15) is 12.1 Å². The molecule has 1 saturated carbocycles. The summed E-state index contributed by atoms with van der Waals surface area (Å²) in [5.41, 5.74) is 15.4. The zero-order chi connectivity index (χ0) is 26.7. The molecule has 1 rings (SSSR count). The van der Waals surface area contributed by atoms with Crippen LogP contribution in [-0.2, 0) is 14.4 Å². The molecule has 0 aliphatic heterocycles. The molecule has 3 atom stereocenters. The Bertz CT molecular complexity index is 551. The van der Waals surface area contributed by atoms with Gasteiger partial charge in [0.25, 0.3) is 0 Å². The molecule has 0 spiro atoms. The van der Waals surface area contributed by atoms with Crippen LogP contribution >= 0.6 is 0 Å². The van der Waals surface area contributed by atoms with Crippen molar-refractivity contribution in [1.82, 2.24) is 5.32 Å². The van der Waals surface area contributed by atoms with Crippen LogP contribution in [0.3, 0.4) is 0 Å². The summed E-state index contributed by atoms with van der Waals surface area (Å²) in [6, 6.07) is -1.52. The zero-order valence-corrected chi connectivity index (χ0v) is 22.1. The molecule has 9 nitrogen and oxygen atoms in total. The van der Waals surface area contributed by atoms with E-state index in [1.165, 1.54) is 38.5 Å². The summed E-state index contributed by atoms with van der Waals surface area (Å²) in [4.78, 5) is 31.3. The van der Waals surface area contributed by atoms with Crippen molar-refractivity contribution in [3.05, 3.63) is 0 Å². The molecule has 0 saturated heterocycles. The van der Waals surface area contributed by atoms with E-state index in [1.807, 2.05) is 34.6 Å². The van der Waals surface area contributed by atoms with Crippen molar-refractivity contribution in [3.8, 4) is 0 Å². The van der Waals surface area contributed by atoms with Gasteiger partial charge in [-0.05, 0) is 50.0 Å². The van der Waals surface area contributed by atoms with Crippen LogP contribution in [0, 0.1) is 17.8 Å². The predicted molar refractivity (Wildman–Crippen MR) is 137 cm³/mol. The lowest BCUT2D eigenvalue weighted by Crippen LogP contribution is -2.41. The van der Waals surface area contributed by atoms with Gasteiger partial charge in [0.15, 0.2) is 0 Å². The van der Waals surface area contributed by atoms with Gasteiger partial charge in [-0.15, -0.1) is 0 Å². The lowest BCUT2D eigenvalue weighted by atomic mass is 9.86. The Morgan fingerprint density at radius 3 is 1.82 bits per heavy atom. The molecule has 0 aromatic heterocycles. The quantitative estimate of drug-likeness (QED) is 0.214. The molecule has 1 fully saturated rings. The second kappa shape index (κ2) is 20.6. The van der Waals surface area contributed by atoms with Crippen molar-refractivity contribution in [2.24, 2.45) is 35.0 Å². The fraction of sp³-hybridized carbons (Fsp3) is 0.880.